The summed E-state index contributed by atoms with van der Waals surface area (Å²) in [5.74, 6) is -0.745. The van der Waals surface area contributed by atoms with Gasteiger partial charge in [-0.15, -0.1) is 0 Å². The van der Waals surface area contributed by atoms with Gasteiger partial charge in [-0.3, -0.25) is 9.55 Å². The fraction of sp³-hybridized carbons (Fsp3) is 0.556. The van der Waals surface area contributed by atoms with Crippen LogP contribution >= 0.6 is 12.2 Å². The second kappa shape index (κ2) is 4.65. The summed E-state index contributed by atoms with van der Waals surface area (Å²) in [5.41, 5.74) is -0.618. The minimum absolute atomic E-state index is 0.106. The topological polar surface area (TPSA) is 87.5 Å². The minimum atomic E-state index is -0.886. The fourth-order valence-electron chi connectivity index (χ4n) is 1.72. The summed E-state index contributed by atoms with van der Waals surface area (Å²) in [7, 11) is 0. The number of hydrogen-bond acceptors (Lipinski definition) is 5. The number of halogens is 1. The van der Waals surface area contributed by atoms with Gasteiger partial charge in [-0.25, -0.2) is 9.18 Å². The summed E-state index contributed by atoms with van der Waals surface area (Å²) >= 11 is 4.57. The van der Waals surface area contributed by atoms with Crippen LogP contribution in [0.25, 0.3) is 0 Å². The third-order valence-electron chi connectivity index (χ3n) is 2.62. The molecule has 1 aliphatic heterocycles. The maximum absolute atomic E-state index is 13.2. The van der Waals surface area contributed by atoms with Crippen molar-refractivity contribution in [2.45, 2.75) is 24.9 Å². The van der Waals surface area contributed by atoms with Crippen molar-refractivity contribution in [3.8, 4) is 0 Å². The molecule has 3 N–H and O–H groups in total. The standard InChI is InChI=1S/C9H11FN2O4S/c10-4-2-12(9(15)11-8(4)17)7-1-5(14)6(3-13)16-7/h2,5-7,13-14H,1,3H2,(H,11,15,17)/t5-,6+,7+/m0/s1. The van der Waals surface area contributed by atoms with Crippen molar-refractivity contribution in [2.75, 3.05) is 6.61 Å². The van der Waals surface area contributed by atoms with Crippen molar-refractivity contribution in [3.05, 3.63) is 27.1 Å². The highest BCUT2D eigenvalue weighted by molar-refractivity contribution is 7.71. The van der Waals surface area contributed by atoms with Crippen molar-refractivity contribution >= 4 is 12.2 Å². The van der Waals surface area contributed by atoms with Crippen LogP contribution in [0.1, 0.15) is 12.6 Å². The first kappa shape index (κ1) is 12.4. The van der Waals surface area contributed by atoms with Crippen molar-refractivity contribution in [1.29, 1.82) is 0 Å². The van der Waals surface area contributed by atoms with E-state index in [4.69, 9.17) is 9.84 Å². The van der Waals surface area contributed by atoms with Crippen LogP contribution in [0.4, 0.5) is 4.39 Å². The highest BCUT2D eigenvalue weighted by Crippen LogP contribution is 2.27. The van der Waals surface area contributed by atoms with Gasteiger partial charge in [0.1, 0.15) is 17.0 Å². The maximum Gasteiger partial charge on any atom is 0.328 e. The van der Waals surface area contributed by atoms with Crippen LogP contribution in [-0.2, 0) is 4.74 Å². The van der Waals surface area contributed by atoms with Crippen molar-refractivity contribution in [1.82, 2.24) is 9.55 Å². The van der Waals surface area contributed by atoms with Crippen LogP contribution in [0.2, 0.25) is 0 Å². The van der Waals surface area contributed by atoms with Crippen LogP contribution in [0.5, 0.6) is 0 Å². The molecule has 0 aromatic carbocycles. The van der Waals surface area contributed by atoms with E-state index in [2.05, 4.69) is 17.2 Å². The van der Waals surface area contributed by atoms with Crippen LogP contribution in [0.3, 0.4) is 0 Å². The van der Waals surface area contributed by atoms with E-state index in [0.29, 0.717) is 0 Å². The Hall–Kier alpha value is -1.09. The first-order chi connectivity index (χ1) is 8.02. The number of aromatic amines is 1. The van der Waals surface area contributed by atoms with E-state index in [-0.39, 0.29) is 17.7 Å². The highest BCUT2D eigenvalue weighted by atomic mass is 32.1. The van der Waals surface area contributed by atoms with Crippen molar-refractivity contribution in [2.24, 2.45) is 0 Å². The Morgan fingerprint density at radius 3 is 3.00 bits per heavy atom. The largest absolute Gasteiger partial charge is 0.394 e. The van der Waals surface area contributed by atoms with Crippen molar-refractivity contribution in [3.63, 3.8) is 0 Å². The zero-order valence-corrected chi connectivity index (χ0v) is 9.48. The molecular formula is C9H11FN2O4S. The molecule has 17 heavy (non-hydrogen) atoms. The van der Waals surface area contributed by atoms with Gasteiger partial charge in [0.2, 0.25) is 0 Å². The Morgan fingerprint density at radius 1 is 1.71 bits per heavy atom. The summed E-state index contributed by atoms with van der Waals surface area (Å²) in [6.07, 6.45) is -1.43. The molecule has 8 heteroatoms. The molecule has 1 saturated heterocycles. The predicted octanol–water partition coefficient (Wildman–Crippen LogP) is -0.314. The molecule has 3 atom stereocenters. The van der Waals surface area contributed by atoms with Gasteiger partial charge in [0.15, 0.2) is 5.82 Å². The molecule has 1 aromatic heterocycles. The molecule has 6 nitrogen and oxygen atoms in total. The van der Waals surface area contributed by atoms with Gasteiger partial charge in [-0.1, -0.05) is 12.2 Å². The third-order valence-corrected chi connectivity index (χ3v) is 2.92. The molecule has 0 unspecified atom stereocenters. The van der Waals surface area contributed by atoms with Crippen LogP contribution in [0.15, 0.2) is 11.0 Å². The number of H-pyrrole nitrogens is 1. The van der Waals surface area contributed by atoms with Gasteiger partial charge < -0.3 is 14.9 Å². The number of rotatable bonds is 2. The quantitative estimate of drug-likeness (QED) is 0.636. The molecule has 0 radical (unpaired) electrons. The summed E-state index contributed by atoms with van der Waals surface area (Å²) in [6.45, 7) is -0.363. The molecule has 2 rings (SSSR count). The lowest BCUT2D eigenvalue weighted by atomic mass is 10.2. The first-order valence-corrected chi connectivity index (χ1v) is 5.39. The van der Waals surface area contributed by atoms with Gasteiger partial charge in [0.05, 0.1) is 18.9 Å². The maximum atomic E-state index is 13.2. The Morgan fingerprint density at radius 2 is 2.41 bits per heavy atom. The Bertz CT molecular complexity index is 528. The molecule has 1 aliphatic rings. The van der Waals surface area contributed by atoms with Gasteiger partial charge in [-0.05, 0) is 0 Å². The highest BCUT2D eigenvalue weighted by Gasteiger charge is 2.35. The van der Waals surface area contributed by atoms with E-state index in [1.165, 1.54) is 0 Å². The molecule has 0 spiro atoms. The number of ether oxygens (including phenoxy) is 1. The van der Waals surface area contributed by atoms with Gasteiger partial charge in [-0.2, -0.15) is 0 Å². The Kier molecular flexibility index (Phi) is 3.38. The number of aromatic nitrogens is 2. The molecule has 0 aliphatic carbocycles. The molecule has 0 saturated carbocycles. The second-order valence-electron chi connectivity index (χ2n) is 3.76. The monoisotopic (exact) mass is 262 g/mol. The Labute approximate surface area is 100 Å². The molecule has 1 fully saturated rings. The van der Waals surface area contributed by atoms with E-state index in [0.717, 1.165) is 10.8 Å². The molecule has 0 bridgehead atoms. The molecular weight excluding hydrogens is 251 g/mol. The first-order valence-electron chi connectivity index (χ1n) is 4.98. The van der Waals surface area contributed by atoms with Gasteiger partial charge in [0, 0.05) is 6.42 Å². The minimum Gasteiger partial charge on any atom is -0.394 e. The van der Waals surface area contributed by atoms with Gasteiger partial charge in [0.25, 0.3) is 0 Å². The van der Waals surface area contributed by atoms with Crippen molar-refractivity contribution < 1.29 is 19.3 Å². The zero-order valence-electron chi connectivity index (χ0n) is 8.67. The van der Waals surface area contributed by atoms with E-state index in [1.54, 1.807) is 0 Å². The number of nitrogens with one attached hydrogen (secondary N) is 1. The van der Waals surface area contributed by atoms with Gasteiger partial charge >= 0.3 is 5.69 Å². The lowest BCUT2D eigenvalue weighted by Gasteiger charge is -2.14. The number of aliphatic hydroxyl groups is 2. The normalized spacial score (nSPS) is 28.5. The van der Waals surface area contributed by atoms with Crippen LogP contribution < -0.4 is 5.69 Å². The molecule has 1 aromatic rings. The fourth-order valence-corrected chi connectivity index (χ4v) is 1.86. The van der Waals surface area contributed by atoms with E-state index in [9.17, 15) is 14.3 Å². The summed E-state index contributed by atoms with van der Waals surface area (Å²) in [6, 6.07) is 0. The SMILES string of the molecule is O=c1[nH]c(=S)c(F)cn1[C@H]1C[C@H](O)[C@@H](CO)O1. The lowest BCUT2D eigenvalue weighted by molar-refractivity contribution is -0.0461. The lowest BCUT2D eigenvalue weighted by Crippen LogP contribution is -2.28. The summed E-state index contributed by atoms with van der Waals surface area (Å²) < 4.78 is 19.2. The summed E-state index contributed by atoms with van der Waals surface area (Å²) in [4.78, 5) is 13.7. The van der Waals surface area contributed by atoms with Crippen LogP contribution in [0, 0.1) is 10.5 Å². The van der Waals surface area contributed by atoms with E-state index in [1.807, 2.05) is 0 Å². The Balaban J connectivity index is 2.34. The average molecular weight is 262 g/mol. The molecule has 2 heterocycles. The smallest absolute Gasteiger partial charge is 0.328 e. The predicted molar refractivity (Wildman–Crippen MR) is 57.5 cm³/mol. The number of hydrogen-bond donors (Lipinski definition) is 3. The number of nitrogens with zero attached hydrogens (tertiary/aromatic N) is 1. The molecule has 94 valence electrons. The number of aliphatic hydroxyl groups excluding tert-OH is 2. The average Bonchev–Trinajstić information content (AvgIpc) is 2.65. The third kappa shape index (κ3) is 2.29. The van der Waals surface area contributed by atoms with E-state index >= 15 is 0 Å². The van der Waals surface area contributed by atoms with Crippen LogP contribution in [-0.4, -0.2) is 38.6 Å². The zero-order chi connectivity index (χ0) is 12.6. The molecule has 0 amide bonds. The second-order valence-corrected chi connectivity index (χ2v) is 4.17. The van der Waals surface area contributed by atoms with E-state index < -0.39 is 29.9 Å². The summed E-state index contributed by atoms with van der Waals surface area (Å²) in [5, 5.41) is 18.4.